The number of carbonyl (C=O) groups is 4. The zero-order chi connectivity index (χ0) is 40.8. The molecule has 3 fully saturated rings. The highest BCUT2D eigenvalue weighted by Crippen LogP contribution is 2.46. The lowest BCUT2D eigenvalue weighted by Crippen LogP contribution is -2.59. The molecule has 2 aliphatic carbocycles. The third-order valence-electron chi connectivity index (χ3n) is 10.7. The number of hydrogen-bond donors (Lipinski definition) is 3. The van der Waals surface area contributed by atoms with E-state index in [1.54, 1.807) is 50.3 Å². The van der Waals surface area contributed by atoms with Crippen LogP contribution in [0.1, 0.15) is 59.8 Å². The molecule has 4 amide bonds. The Hall–Kier alpha value is -4.65. The van der Waals surface area contributed by atoms with E-state index < -0.39 is 92.5 Å². The third-order valence-corrected chi connectivity index (χ3v) is 12.5. The number of halogens is 3. The van der Waals surface area contributed by atoms with Crippen LogP contribution in [0.4, 0.5) is 18.0 Å². The molecule has 7 atom stereocenters. The normalized spacial score (nSPS) is 29.5. The Morgan fingerprint density at radius 2 is 1.84 bits per heavy atom. The summed E-state index contributed by atoms with van der Waals surface area (Å²) in [5, 5.41) is 5.68. The molecular weight excluding hydrogens is 763 g/mol. The first-order valence-electron chi connectivity index (χ1n) is 18.4. The maximum Gasteiger partial charge on any atom is 0.427 e. The van der Waals surface area contributed by atoms with Crippen molar-refractivity contribution < 1.29 is 59.7 Å². The van der Waals surface area contributed by atoms with Gasteiger partial charge in [0.05, 0.1) is 31.6 Å². The Labute approximate surface area is 322 Å². The molecule has 1 unspecified atom stereocenters. The maximum absolute atomic E-state index is 14.6. The number of nitrogens with one attached hydrogen (secondary N) is 3. The van der Waals surface area contributed by atoms with Crippen molar-refractivity contribution >= 4 is 44.6 Å². The van der Waals surface area contributed by atoms with Crippen molar-refractivity contribution in [3.8, 4) is 11.6 Å². The molecule has 1 aromatic carbocycles. The number of rotatable bonds is 8. The summed E-state index contributed by atoms with van der Waals surface area (Å²) in [6.07, 6.45) is -2.16. The lowest BCUT2D eigenvalue weighted by Gasteiger charge is -2.34. The minimum absolute atomic E-state index is 0.0486. The van der Waals surface area contributed by atoms with Crippen molar-refractivity contribution in [3.05, 3.63) is 42.6 Å². The minimum Gasteiger partial charge on any atom is -0.497 e. The molecule has 2 aromatic rings. The van der Waals surface area contributed by atoms with Gasteiger partial charge in [-0.3, -0.25) is 19.1 Å². The summed E-state index contributed by atoms with van der Waals surface area (Å²) in [7, 11) is -2.48. The molecule has 3 heterocycles. The van der Waals surface area contributed by atoms with Gasteiger partial charge in [0.2, 0.25) is 33.3 Å². The number of sulfonamides is 1. The van der Waals surface area contributed by atoms with Crippen LogP contribution in [0.25, 0.3) is 10.8 Å². The van der Waals surface area contributed by atoms with Crippen molar-refractivity contribution in [2.45, 2.75) is 107 Å². The predicted molar refractivity (Wildman–Crippen MR) is 194 cm³/mol. The molecule has 2 saturated carbocycles. The van der Waals surface area contributed by atoms with Crippen LogP contribution in [0.3, 0.4) is 0 Å². The molecule has 19 heteroatoms. The molecule has 15 nitrogen and oxygen atoms in total. The fourth-order valence-corrected chi connectivity index (χ4v) is 8.45. The van der Waals surface area contributed by atoms with E-state index in [0.29, 0.717) is 37.8 Å². The fourth-order valence-electron chi connectivity index (χ4n) is 7.09. The number of fused-ring (bicyclic) bond motifs is 3. The van der Waals surface area contributed by atoms with Crippen LogP contribution in [-0.4, -0.2) is 109 Å². The highest BCUT2D eigenvalue weighted by Gasteiger charge is 2.62. The smallest absolute Gasteiger partial charge is 0.427 e. The highest BCUT2D eigenvalue weighted by molar-refractivity contribution is 7.91. The number of carbonyl (C=O) groups excluding carboxylic acids is 4. The average Bonchev–Trinajstić information content (AvgIpc) is 4.04. The van der Waals surface area contributed by atoms with Crippen LogP contribution >= 0.6 is 0 Å². The minimum atomic E-state index is -4.93. The first-order valence-corrected chi connectivity index (χ1v) is 19.9. The van der Waals surface area contributed by atoms with Crippen LogP contribution < -0.4 is 24.8 Å². The Morgan fingerprint density at radius 1 is 1.11 bits per heavy atom. The summed E-state index contributed by atoms with van der Waals surface area (Å²) in [6, 6.07) is 4.12. The van der Waals surface area contributed by atoms with Gasteiger partial charge in [0.25, 0.3) is 5.91 Å². The Kier molecular flexibility index (Phi) is 11.2. The summed E-state index contributed by atoms with van der Waals surface area (Å²) < 4.78 is 91.1. The van der Waals surface area contributed by atoms with Gasteiger partial charge in [-0.1, -0.05) is 19.1 Å². The first-order chi connectivity index (χ1) is 26.2. The molecule has 2 aliphatic heterocycles. The van der Waals surface area contributed by atoms with Gasteiger partial charge < -0.3 is 34.5 Å². The molecule has 3 N–H and O–H groups in total. The van der Waals surface area contributed by atoms with Crippen molar-refractivity contribution in [1.82, 2.24) is 25.2 Å². The summed E-state index contributed by atoms with van der Waals surface area (Å²) in [5.41, 5.74) is -4.58. The molecule has 1 aromatic heterocycles. The molecule has 6 rings (SSSR count). The van der Waals surface area contributed by atoms with Crippen LogP contribution in [0, 0.1) is 11.8 Å². The second-order valence-corrected chi connectivity index (χ2v) is 17.4. The summed E-state index contributed by atoms with van der Waals surface area (Å²) in [5.74, 6) is -3.15. The zero-order valence-electron chi connectivity index (χ0n) is 31.6. The molecular formula is C37H46F3N5O10S. The number of alkyl halides is 3. The van der Waals surface area contributed by atoms with Gasteiger partial charge in [-0.25, -0.2) is 18.2 Å². The number of methoxy groups -OCH3 is 1. The SMILES string of the molecule is COc1ccc2c(O[C@@H]3C[C@H]4C(=O)N[C@]5(C(=O)NS(=O)(=O)C6CC6)CC5/C=C\CO[C@@H](C)C[C@@H](C)[C@H](NC(=O)OC(C)(C)C(F)(F)F)C(=O)N4C3)nccc2c1. The maximum atomic E-state index is 14.6. The second kappa shape index (κ2) is 15.4. The summed E-state index contributed by atoms with van der Waals surface area (Å²) >= 11 is 0. The Morgan fingerprint density at radius 3 is 2.52 bits per heavy atom. The lowest BCUT2D eigenvalue weighted by atomic mass is 9.94. The van der Waals surface area contributed by atoms with Gasteiger partial charge >= 0.3 is 12.3 Å². The van der Waals surface area contributed by atoms with Gasteiger partial charge in [-0.05, 0) is 82.0 Å². The average molecular weight is 810 g/mol. The molecule has 1 saturated heterocycles. The van der Waals surface area contributed by atoms with Gasteiger partial charge in [-0.2, -0.15) is 13.2 Å². The quantitative estimate of drug-likeness (QED) is 0.331. The molecule has 0 spiro atoms. The standard InChI is InChI=1S/C37H46F3N5O10S/c1-20-15-21(2)53-14-6-7-23-18-36(23,33(48)44-56(50,51)26-9-10-26)43-30(46)28-17-25(54-31-27-11-8-24(52-5)16-22(27)12-13-41-31)19-45(28)32(47)29(20)42-34(49)55-35(3,4)37(38,39)40/h6-8,11-13,16,20-21,23,25-26,28-29H,9-10,14-15,17-19H2,1-5H3,(H,42,49)(H,43,46)(H,44,48)/b7-6-/t20-,21+,23?,25-,28+,29+,36-/m1/s1. The number of nitrogens with zero attached hydrogens (tertiary/aromatic N) is 2. The van der Waals surface area contributed by atoms with Crippen molar-refractivity contribution in [1.29, 1.82) is 0 Å². The zero-order valence-corrected chi connectivity index (χ0v) is 32.4. The van der Waals surface area contributed by atoms with Crippen molar-refractivity contribution in [2.24, 2.45) is 11.8 Å². The number of benzene rings is 1. The number of hydrogen-bond acceptors (Lipinski definition) is 11. The van der Waals surface area contributed by atoms with Gasteiger partial charge in [-0.15, -0.1) is 0 Å². The third kappa shape index (κ3) is 8.67. The summed E-state index contributed by atoms with van der Waals surface area (Å²) in [6.45, 7) is 4.48. The number of alkyl carbamates (subject to hydrolysis) is 1. The van der Waals surface area contributed by atoms with E-state index in [-0.39, 0.29) is 38.3 Å². The number of pyridine rings is 1. The lowest BCUT2D eigenvalue weighted by molar-refractivity contribution is -0.244. The second-order valence-electron chi connectivity index (χ2n) is 15.4. The van der Waals surface area contributed by atoms with E-state index in [9.17, 15) is 40.8 Å². The van der Waals surface area contributed by atoms with E-state index in [4.69, 9.17) is 18.9 Å². The largest absolute Gasteiger partial charge is 0.497 e. The van der Waals surface area contributed by atoms with Gasteiger partial charge in [0.15, 0.2) is 0 Å². The van der Waals surface area contributed by atoms with Crippen LogP contribution in [0.2, 0.25) is 0 Å². The van der Waals surface area contributed by atoms with Crippen LogP contribution in [0.5, 0.6) is 11.6 Å². The Bertz CT molecular complexity index is 2010. The topological polar surface area (TPSA) is 192 Å². The van der Waals surface area contributed by atoms with Crippen LogP contribution in [0.15, 0.2) is 42.6 Å². The summed E-state index contributed by atoms with van der Waals surface area (Å²) in [4.78, 5) is 61.3. The number of aromatic nitrogens is 1. The molecule has 56 heavy (non-hydrogen) atoms. The van der Waals surface area contributed by atoms with Gasteiger partial charge in [0, 0.05) is 23.9 Å². The number of ether oxygens (including phenoxy) is 4. The monoisotopic (exact) mass is 809 g/mol. The van der Waals surface area contributed by atoms with Crippen molar-refractivity contribution in [2.75, 3.05) is 20.3 Å². The highest BCUT2D eigenvalue weighted by atomic mass is 32.2. The van der Waals surface area contributed by atoms with Gasteiger partial charge in [0.1, 0.15) is 29.5 Å². The molecule has 0 radical (unpaired) electrons. The number of amides is 4. The molecule has 4 aliphatic rings. The first kappa shape index (κ1) is 41.0. The fraction of sp³-hybridized carbons (Fsp3) is 0.595. The van der Waals surface area contributed by atoms with Crippen molar-refractivity contribution in [3.63, 3.8) is 0 Å². The van der Waals surface area contributed by atoms with E-state index >= 15 is 0 Å². The molecule has 306 valence electrons. The van der Waals surface area contributed by atoms with E-state index in [1.165, 1.54) is 13.3 Å². The van der Waals surface area contributed by atoms with E-state index in [0.717, 1.165) is 10.3 Å². The molecule has 0 bridgehead atoms. The Balaban J connectivity index is 1.34. The van der Waals surface area contributed by atoms with E-state index in [1.807, 2.05) is 0 Å². The van der Waals surface area contributed by atoms with Crippen LogP contribution in [-0.2, 0) is 33.9 Å². The van der Waals surface area contributed by atoms with E-state index in [2.05, 4.69) is 20.3 Å². The predicted octanol–water partition coefficient (Wildman–Crippen LogP) is 3.51.